The van der Waals surface area contributed by atoms with Crippen molar-refractivity contribution in [1.82, 2.24) is 15.5 Å². The molecule has 0 spiro atoms. The molecule has 0 bridgehead atoms. The van der Waals surface area contributed by atoms with Crippen LogP contribution in [0.1, 0.15) is 34.7 Å². The van der Waals surface area contributed by atoms with Crippen molar-refractivity contribution in [3.8, 4) is 0 Å². The molecule has 0 radical (unpaired) electrons. The molecule has 0 aliphatic carbocycles. The zero-order valence-electron chi connectivity index (χ0n) is 12.5. The first-order valence-electron chi connectivity index (χ1n) is 7.50. The van der Waals surface area contributed by atoms with Gasteiger partial charge < -0.3 is 5.32 Å². The first-order chi connectivity index (χ1) is 10.2. The van der Waals surface area contributed by atoms with E-state index in [1.807, 2.05) is 11.8 Å². The van der Waals surface area contributed by atoms with Gasteiger partial charge >= 0.3 is 0 Å². The second kappa shape index (κ2) is 6.90. The first kappa shape index (κ1) is 15.0. The van der Waals surface area contributed by atoms with Crippen LogP contribution in [0.3, 0.4) is 0 Å². The maximum atomic E-state index is 4.41. The highest BCUT2D eigenvalue weighted by Crippen LogP contribution is 2.46. The summed E-state index contributed by atoms with van der Waals surface area (Å²) in [5.41, 5.74) is 1.45. The van der Waals surface area contributed by atoms with E-state index in [1.165, 1.54) is 15.5 Å². The predicted octanol–water partition coefficient (Wildman–Crippen LogP) is 3.72. The second-order valence-corrected chi connectivity index (χ2v) is 8.14. The molecule has 3 nitrogen and oxygen atoms in total. The SMILES string of the molecule is CC(C)CNCCc1nnc(C2Cc3ccccc3S2)s1. The number of aromatic nitrogens is 2. The molecule has 1 unspecified atom stereocenters. The van der Waals surface area contributed by atoms with Crippen molar-refractivity contribution in [3.63, 3.8) is 0 Å². The van der Waals surface area contributed by atoms with Crippen molar-refractivity contribution in [2.45, 2.75) is 36.8 Å². The Morgan fingerprint density at radius 1 is 1.29 bits per heavy atom. The van der Waals surface area contributed by atoms with Crippen LogP contribution in [-0.2, 0) is 12.8 Å². The Morgan fingerprint density at radius 2 is 2.14 bits per heavy atom. The molecule has 1 aliphatic rings. The van der Waals surface area contributed by atoms with Crippen molar-refractivity contribution >= 4 is 23.1 Å². The Hall–Kier alpha value is -0.910. The minimum absolute atomic E-state index is 0.456. The summed E-state index contributed by atoms with van der Waals surface area (Å²) in [6.45, 7) is 6.51. The monoisotopic (exact) mass is 319 g/mol. The Kier molecular flexibility index (Phi) is 4.93. The lowest BCUT2D eigenvalue weighted by molar-refractivity contribution is 0.553. The lowest BCUT2D eigenvalue weighted by Gasteiger charge is -2.05. The highest BCUT2D eigenvalue weighted by molar-refractivity contribution is 8.00. The van der Waals surface area contributed by atoms with E-state index < -0.39 is 0 Å². The van der Waals surface area contributed by atoms with Crippen LogP contribution in [0.5, 0.6) is 0 Å². The van der Waals surface area contributed by atoms with Gasteiger partial charge in [0.05, 0.1) is 5.25 Å². The van der Waals surface area contributed by atoms with Crippen LogP contribution in [0.2, 0.25) is 0 Å². The zero-order valence-corrected chi connectivity index (χ0v) is 14.1. The average Bonchev–Trinajstić information content (AvgIpc) is 3.09. The molecule has 0 fully saturated rings. The summed E-state index contributed by atoms with van der Waals surface area (Å²) < 4.78 is 0. The van der Waals surface area contributed by atoms with Gasteiger partial charge in [-0.1, -0.05) is 32.0 Å². The summed E-state index contributed by atoms with van der Waals surface area (Å²) in [4.78, 5) is 1.40. The van der Waals surface area contributed by atoms with Gasteiger partial charge in [0.25, 0.3) is 0 Å². The third kappa shape index (κ3) is 3.84. The molecule has 112 valence electrons. The maximum absolute atomic E-state index is 4.41. The fraction of sp³-hybridized carbons (Fsp3) is 0.500. The minimum Gasteiger partial charge on any atom is -0.316 e. The van der Waals surface area contributed by atoms with Crippen molar-refractivity contribution in [3.05, 3.63) is 39.8 Å². The number of nitrogens with zero attached hydrogens (tertiary/aromatic N) is 2. The van der Waals surface area contributed by atoms with Crippen molar-refractivity contribution in [1.29, 1.82) is 0 Å². The van der Waals surface area contributed by atoms with Gasteiger partial charge in [0.15, 0.2) is 0 Å². The number of fused-ring (bicyclic) bond motifs is 1. The van der Waals surface area contributed by atoms with E-state index in [1.54, 1.807) is 11.3 Å². The molecule has 1 aromatic heterocycles. The Bertz CT molecular complexity index is 570. The number of hydrogen-bond donors (Lipinski definition) is 1. The molecule has 2 aromatic rings. The Balaban J connectivity index is 1.54. The molecular weight excluding hydrogens is 298 g/mol. The van der Waals surface area contributed by atoms with Gasteiger partial charge in [-0.2, -0.15) is 0 Å². The van der Waals surface area contributed by atoms with Gasteiger partial charge in [-0.3, -0.25) is 0 Å². The molecule has 21 heavy (non-hydrogen) atoms. The lowest BCUT2D eigenvalue weighted by atomic mass is 10.1. The summed E-state index contributed by atoms with van der Waals surface area (Å²) in [6, 6.07) is 8.66. The van der Waals surface area contributed by atoms with Gasteiger partial charge in [0, 0.05) is 17.9 Å². The number of thioether (sulfide) groups is 1. The molecule has 3 rings (SSSR count). The number of hydrogen-bond acceptors (Lipinski definition) is 5. The first-order valence-corrected chi connectivity index (χ1v) is 9.19. The molecule has 0 amide bonds. The Labute approximate surface area is 134 Å². The maximum Gasteiger partial charge on any atom is 0.131 e. The van der Waals surface area contributed by atoms with E-state index in [0.717, 1.165) is 30.9 Å². The number of benzene rings is 1. The van der Waals surface area contributed by atoms with E-state index in [-0.39, 0.29) is 0 Å². The van der Waals surface area contributed by atoms with Gasteiger partial charge in [0.1, 0.15) is 10.0 Å². The molecular formula is C16H21N3S2. The minimum atomic E-state index is 0.456. The fourth-order valence-electron chi connectivity index (χ4n) is 2.40. The Morgan fingerprint density at radius 3 is 2.95 bits per heavy atom. The van der Waals surface area contributed by atoms with Crippen LogP contribution in [0, 0.1) is 5.92 Å². The van der Waals surface area contributed by atoms with E-state index in [9.17, 15) is 0 Å². The summed E-state index contributed by atoms with van der Waals surface area (Å²) in [6.07, 6.45) is 2.07. The normalized spacial score (nSPS) is 17.4. The lowest BCUT2D eigenvalue weighted by Crippen LogP contribution is -2.22. The van der Waals surface area contributed by atoms with Crippen LogP contribution in [0.4, 0.5) is 0 Å². The van der Waals surface area contributed by atoms with Crippen molar-refractivity contribution < 1.29 is 0 Å². The summed E-state index contributed by atoms with van der Waals surface area (Å²) in [7, 11) is 0. The molecule has 1 atom stereocenters. The zero-order chi connectivity index (χ0) is 14.7. The van der Waals surface area contributed by atoms with Gasteiger partial charge in [0.2, 0.25) is 0 Å². The molecule has 1 aromatic carbocycles. The molecule has 0 saturated carbocycles. The largest absolute Gasteiger partial charge is 0.316 e. The van der Waals surface area contributed by atoms with Gasteiger partial charge in [-0.15, -0.1) is 33.3 Å². The third-order valence-corrected chi connectivity index (χ3v) is 6.05. The summed E-state index contributed by atoms with van der Waals surface area (Å²) in [5, 5.41) is 15.0. The molecule has 0 saturated heterocycles. The van der Waals surface area contributed by atoms with E-state index in [4.69, 9.17) is 0 Å². The standard InChI is InChI=1S/C16H21N3S2/c1-11(2)10-17-8-7-15-18-19-16(21-15)14-9-12-5-3-4-6-13(12)20-14/h3-6,11,14,17H,7-10H2,1-2H3. The predicted molar refractivity (Wildman–Crippen MR) is 90.1 cm³/mol. The van der Waals surface area contributed by atoms with E-state index in [0.29, 0.717) is 11.2 Å². The topological polar surface area (TPSA) is 37.8 Å². The fourth-order valence-corrected chi connectivity index (χ4v) is 4.69. The van der Waals surface area contributed by atoms with Gasteiger partial charge in [-0.25, -0.2) is 0 Å². The van der Waals surface area contributed by atoms with Crippen LogP contribution in [-0.4, -0.2) is 23.3 Å². The highest BCUT2D eigenvalue weighted by Gasteiger charge is 2.26. The summed E-state index contributed by atoms with van der Waals surface area (Å²) in [5.74, 6) is 0.698. The van der Waals surface area contributed by atoms with Crippen LogP contribution >= 0.6 is 23.1 Å². The van der Waals surface area contributed by atoms with Crippen molar-refractivity contribution in [2.75, 3.05) is 13.1 Å². The van der Waals surface area contributed by atoms with E-state index >= 15 is 0 Å². The quantitative estimate of drug-likeness (QED) is 0.824. The van der Waals surface area contributed by atoms with Gasteiger partial charge in [-0.05, 0) is 30.5 Å². The van der Waals surface area contributed by atoms with Crippen molar-refractivity contribution in [2.24, 2.45) is 5.92 Å². The summed E-state index contributed by atoms with van der Waals surface area (Å²) >= 11 is 3.70. The number of rotatable bonds is 6. The molecule has 2 heterocycles. The van der Waals surface area contributed by atoms with E-state index in [2.05, 4.69) is 53.6 Å². The third-order valence-electron chi connectivity index (χ3n) is 3.47. The molecule has 5 heteroatoms. The average molecular weight is 319 g/mol. The molecule has 1 N–H and O–H groups in total. The highest BCUT2D eigenvalue weighted by atomic mass is 32.2. The van der Waals surface area contributed by atoms with Crippen LogP contribution < -0.4 is 5.32 Å². The second-order valence-electron chi connectivity index (χ2n) is 5.80. The smallest absolute Gasteiger partial charge is 0.131 e. The number of nitrogens with one attached hydrogen (secondary N) is 1. The van der Waals surface area contributed by atoms with Crippen LogP contribution in [0.25, 0.3) is 0 Å². The molecule has 1 aliphatic heterocycles. The van der Waals surface area contributed by atoms with Crippen LogP contribution in [0.15, 0.2) is 29.2 Å².